The second-order valence-electron chi connectivity index (χ2n) is 7.01. The number of hydrogen-bond acceptors (Lipinski definition) is 0. The molecule has 2 heteroatoms. The molecule has 0 saturated carbocycles. The van der Waals surface area contributed by atoms with Gasteiger partial charge >= 0.3 is 0 Å². The minimum absolute atomic E-state index is 0. The first-order chi connectivity index (χ1) is 9.58. The fourth-order valence-corrected chi connectivity index (χ4v) is 6.37. The molecule has 0 fully saturated rings. The van der Waals surface area contributed by atoms with E-state index in [9.17, 15) is 0 Å². The predicted octanol–water partition coefficient (Wildman–Crippen LogP) is 4.85. The van der Waals surface area contributed by atoms with Gasteiger partial charge in [-0.3, -0.25) is 0 Å². The van der Waals surface area contributed by atoms with Gasteiger partial charge in [0.25, 0.3) is 0 Å². The summed E-state index contributed by atoms with van der Waals surface area (Å²) in [5, 5.41) is 1.58. The van der Waals surface area contributed by atoms with Gasteiger partial charge in [0.2, 0.25) is 0 Å². The third kappa shape index (κ3) is 3.52. The van der Waals surface area contributed by atoms with Gasteiger partial charge in [-0.15, -0.1) is 0 Å². The number of allylic oxidation sites excluding steroid dienone is 4. The van der Waals surface area contributed by atoms with Gasteiger partial charge in [-0.05, 0) is 0 Å². The molecule has 0 saturated heterocycles. The summed E-state index contributed by atoms with van der Waals surface area (Å²) in [4.78, 5) is 0. The Kier molecular flexibility index (Phi) is 5.51. The molecule has 0 heterocycles. The van der Waals surface area contributed by atoms with E-state index in [1.54, 1.807) is 21.9 Å². The van der Waals surface area contributed by atoms with E-state index in [0.717, 1.165) is 0 Å². The molecule has 2 aliphatic carbocycles. The molecule has 0 spiro atoms. The zero-order valence-electron chi connectivity index (χ0n) is 13.5. The maximum Gasteiger partial charge on any atom is 0.0830 e. The minimum atomic E-state index is -1.38. The van der Waals surface area contributed by atoms with Crippen molar-refractivity contribution in [2.24, 2.45) is 5.92 Å². The monoisotopic (exact) mass is 329 g/mol. The molecule has 0 amide bonds. The van der Waals surface area contributed by atoms with E-state index in [4.69, 9.17) is 0 Å². The summed E-state index contributed by atoms with van der Waals surface area (Å²) >= 11 is 0. The molecule has 0 aromatic heterocycles. The Morgan fingerprint density at radius 2 is 1.76 bits per heavy atom. The smallest absolute Gasteiger partial charge is 0.0830 e. The van der Waals surface area contributed by atoms with E-state index in [0.29, 0.717) is 5.92 Å². The van der Waals surface area contributed by atoms with Crippen LogP contribution in [0.3, 0.4) is 0 Å². The van der Waals surface area contributed by atoms with Gasteiger partial charge in [0.1, 0.15) is 0 Å². The van der Waals surface area contributed by atoms with Crippen LogP contribution in [0, 0.1) is 12.0 Å². The topological polar surface area (TPSA) is 0 Å². The quantitative estimate of drug-likeness (QED) is 0.549. The fourth-order valence-electron chi connectivity index (χ4n) is 3.73. The summed E-state index contributed by atoms with van der Waals surface area (Å²) in [5.41, 5.74) is 4.87. The first-order valence-electron chi connectivity index (χ1n) is 7.98. The van der Waals surface area contributed by atoms with Crippen LogP contribution in [0.25, 0.3) is 0 Å². The van der Waals surface area contributed by atoms with Gasteiger partial charge in [0.05, 0.1) is 8.07 Å². The molecule has 0 bridgehead atoms. The van der Waals surface area contributed by atoms with E-state index < -0.39 is 8.07 Å². The molecule has 0 aliphatic heterocycles. The predicted molar refractivity (Wildman–Crippen MR) is 89.8 cm³/mol. The molecule has 1 aromatic carbocycles. The Morgan fingerprint density at radius 3 is 2.43 bits per heavy atom. The minimum Gasteiger partial charge on any atom is -0.249 e. The third-order valence-electron chi connectivity index (χ3n) is 5.05. The largest absolute Gasteiger partial charge is 0.249 e. The zero-order chi connectivity index (χ0) is 14.2. The molecule has 21 heavy (non-hydrogen) atoms. The summed E-state index contributed by atoms with van der Waals surface area (Å²) in [7, 11) is -1.38. The van der Waals surface area contributed by atoms with Crippen molar-refractivity contribution in [1.29, 1.82) is 0 Å². The van der Waals surface area contributed by atoms with Crippen LogP contribution in [-0.2, 0) is 21.7 Å². The molecule has 1 atom stereocenters. The van der Waals surface area contributed by atoms with Crippen molar-refractivity contribution in [2.45, 2.75) is 51.7 Å². The van der Waals surface area contributed by atoms with Crippen molar-refractivity contribution < 1.29 is 21.7 Å². The van der Waals surface area contributed by atoms with Crippen molar-refractivity contribution in [2.75, 3.05) is 0 Å². The van der Waals surface area contributed by atoms with Gasteiger partial charge in [0, 0.05) is 21.7 Å². The Morgan fingerprint density at radius 1 is 1.10 bits per heavy atom. The Balaban J connectivity index is 0.00000161. The number of hydrogen-bond donors (Lipinski definition) is 0. The van der Waals surface area contributed by atoms with Gasteiger partial charge in [-0.1, -0.05) is 93.2 Å². The summed E-state index contributed by atoms with van der Waals surface area (Å²) in [6.45, 7) is 7.41. The van der Waals surface area contributed by atoms with E-state index in [1.165, 1.54) is 31.7 Å². The number of rotatable bonds is 3. The van der Waals surface area contributed by atoms with Crippen molar-refractivity contribution in [1.82, 2.24) is 0 Å². The standard InChI is InChI=1S/C19H25Si.Ti/c1-15-17(13-16-9-7-8-12-19(15)16)14-20(2,3)18-10-5-4-6-11-18;/h4-6,10-11,15H,7-9,12,14H2,1-3H3;/q-1;. The van der Waals surface area contributed by atoms with Gasteiger partial charge < -0.3 is 0 Å². The van der Waals surface area contributed by atoms with Crippen LogP contribution in [-0.4, -0.2) is 8.07 Å². The molecular weight excluding hydrogens is 304 g/mol. The van der Waals surface area contributed by atoms with Crippen molar-refractivity contribution >= 4 is 13.3 Å². The second kappa shape index (κ2) is 6.81. The zero-order valence-corrected chi connectivity index (χ0v) is 16.1. The normalized spacial score (nSPS) is 21.7. The summed E-state index contributed by atoms with van der Waals surface area (Å²) < 4.78 is 0. The van der Waals surface area contributed by atoms with Crippen LogP contribution >= 0.6 is 0 Å². The SMILES string of the molecule is CC1C(C[Si](C)(C)c2ccccc2)=[C-]C2=C1CCCC2.[Ti]. The average Bonchev–Trinajstić information content (AvgIpc) is 2.76. The molecule has 1 aromatic rings. The maximum atomic E-state index is 3.80. The third-order valence-corrected chi connectivity index (χ3v) is 8.22. The molecule has 0 N–H and O–H groups in total. The summed E-state index contributed by atoms with van der Waals surface area (Å²) in [6.07, 6.45) is 9.15. The molecule has 1 unspecified atom stereocenters. The molecule has 0 radical (unpaired) electrons. The summed E-state index contributed by atoms with van der Waals surface area (Å²) in [5.74, 6) is 0.667. The Labute approximate surface area is 145 Å². The van der Waals surface area contributed by atoms with Crippen LogP contribution in [0.4, 0.5) is 0 Å². The molecule has 0 nitrogen and oxygen atoms in total. The summed E-state index contributed by atoms with van der Waals surface area (Å²) in [6, 6.07) is 12.4. The molecular formula is C19H25SiTi-. The molecule has 2 aliphatic rings. The van der Waals surface area contributed by atoms with Crippen molar-refractivity contribution in [3.8, 4) is 0 Å². The Bertz CT molecular complexity index is 554. The van der Waals surface area contributed by atoms with Crippen molar-refractivity contribution in [3.63, 3.8) is 0 Å². The maximum absolute atomic E-state index is 3.80. The molecule has 3 rings (SSSR count). The van der Waals surface area contributed by atoms with Crippen molar-refractivity contribution in [3.05, 3.63) is 53.1 Å². The Hall–Kier alpha value is -0.369. The van der Waals surface area contributed by atoms with Crippen LogP contribution < -0.4 is 5.19 Å². The van der Waals surface area contributed by atoms with Crippen LogP contribution in [0.15, 0.2) is 47.1 Å². The van der Waals surface area contributed by atoms with Crippen LogP contribution in [0.2, 0.25) is 19.1 Å². The second-order valence-corrected chi connectivity index (χ2v) is 11.7. The molecule has 110 valence electrons. The van der Waals surface area contributed by atoms with E-state index >= 15 is 0 Å². The average molecular weight is 329 g/mol. The van der Waals surface area contributed by atoms with Crippen LogP contribution in [0.5, 0.6) is 0 Å². The van der Waals surface area contributed by atoms with Crippen LogP contribution in [0.1, 0.15) is 32.6 Å². The first-order valence-corrected chi connectivity index (χ1v) is 11.2. The van der Waals surface area contributed by atoms with Gasteiger partial charge in [0.15, 0.2) is 0 Å². The van der Waals surface area contributed by atoms with E-state index in [1.807, 2.05) is 0 Å². The van der Waals surface area contributed by atoms with E-state index in [2.05, 4.69) is 56.4 Å². The van der Waals surface area contributed by atoms with E-state index in [-0.39, 0.29) is 21.7 Å². The van der Waals surface area contributed by atoms with Gasteiger partial charge in [-0.25, -0.2) is 17.2 Å². The van der Waals surface area contributed by atoms with Gasteiger partial charge in [-0.2, -0.15) is 5.57 Å². The first kappa shape index (κ1) is 17.0. The number of benzene rings is 1. The fraction of sp³-hybridized carbons (Fsp3) is 0.474.